The van der Waals surface area contributed by atoms with Crippen LogP contribution in [0.1, 0.15) is 63.7 Å². The highest BCUT2D eigenvalue weighted by molar-refractivity contribution is 5.95. The van der Waals surface area contributed by atoms with E-state index in [1.54, 1.807) is 27.7 Å². The molecule has 0 aliphatic rings. The molecular formula is C22H26O10. The maximum absolute atomic E-state index is 10.7. The number of carboxylic acids is 4. The third-order valence-electron chi connectivity index (χ3n) is 4.60. The van der Waals surface area contributed by atoms with E-state index in [9.17, 15) is 19.2 Å². The van der Waals surface area contributed by atoms with Gasteiger partial charge < -0.3 is 30.6 Å². The number of aliphatic hydroxyl groups is 2. The largest absolute Gasteiger partial charge is 0.478 e. The van der Waals surface area contributed by atoms with Crippen molar-refractivity contribution in [3.8, 4) is 0 Å². The molecule has 2 aromatic carbocycles. The molecule has 32 heavy (non-hydrogen) atoms. The van der Waals surface area contributed by atoms with Crippen LogP contribution in [0.4, 0.5) is 0 Å². The number of carboxylic acid groups (broad SMARTS) is 4. The third kappa shape index (κ3) is 7.49. The van der Waals surface area contributed by atoms with Crippen molar-refractivity contribution in [2.24, 2.45) is 0 Å². The summed E-state index contributed by atoms with van der Waals surface area (Å²) in [6.07, 6.45) is 0. The molecule has 2 rings (SSSR count). The third-order valence-corrected chi connectivity index (χ3v) is 4.60. The van der Waals surface area contributed by atoms with Crippen LogP contribution < -0.4 is 0 Å². The average Bonchev–Trinajstić information content (AvgIpc) is 2.71. The minimum Gasteiger partial charge on any atom is -0.478 e. The van der Waals surface area contributed by atoms with E-state index >= 15 is 0 Å². The Morgan fingerprint density at radius 2 is 0.656 bits per heavy atom. The monoisotopic (exact) mass is 450 g/mol. The van der Waals surface area contributed by atoms with Crippen LogP contribution in [-0.4, -0.2) is 67.7 Å². The SMILES string of the molecule is Cc1c(C(=O)O)ccc(C(=O)O)c1C.Cc1c(C(=O)O)ccc(C(=O)O)c1C.OCCO. The van der Waals surface area contributed by atoms with Crippen molar-refractivity contribution < 1.29 is 49.8 Å². The van der Waals surface area contributed by atoms with E-state index in [0.717, 1.165) is 0 Å². The molecule has 0 saturated carbocycles. The first kappa shape index (κ1) is 28.2. The molecule has 0 aliphatic carbocycles. The number of aromatic carboxylic acids is 4. The quantitative estimate of drug-likeness (QED) is 0.394. The van der Waals surface area contributed by atoms with Crippen LogP contribution in [0.5, 0.6) is 0 Å². The summed E-state index contributed by atoms with van der Waals surface area (Å²) in [4.78, 5) is 42.8. The molecule has 0 aliphatic heterocycles. The zero-order valence-electron chi connectivity index (χ0n) is 18.0. The van der Waals surface area contributed by atoms with E-state index in [-0.39, 0.29) is 35.5 Å². The van der Waals surface area contributed by atoms with E-state index in [1.807, 2.05) is 0 Å². The Hall–Kier alpha value is -3.76. The van der Waals surface area contributed by atoms with Crippen LogP contribution in [0.3, 0.4) is 0 Å². The fourth-order valence-electron chi connectivity index (χ4n) is 2.57. The lowest BCUT2D eigenvalue weighted by Gasteiger charge is -2.07. The number of benzene rings is 2. The van der Waals surface area contributed by atoms with E-state index in [2.05, 4.69) is 0 Å². The van der Waals surface area contributed by atoms with E-state index < -0.39 is 23.9 Å². The van der Waals surface area contributed by atoms with Gasteiger partial charge in [-0.3, -0.25) is 0 Å². The summed E-state index contributed by atoms with van der Waals surface area (Å²) in [5.41, 5.74) is 2.57. The van der Waals surface area contributed by atoms with Gasteiger partial charge in [-0.05, 0) is 74.2 Å². The Balaban J connectivity index is 0.000000515. The highest BCUT2D eigenvalue weighted by Gasteiger charge is 2.15. The predicted molar refractivity (Wildman–Crippen MR) is 114 cm³/mol. The van der Waals surface area contributed by atoms with Gasteiger partial charge in [-0.2, -0.15) is 0 Å². The Morgan fingerprint density at radius 3 is 0.750 bits per heavy atom. The summed E-state index contributed by atoms with van der Waals surface area (Å²) in [5, 5.41) is 50.3. The van der Waals surface area contributed by atoms with Crippen LogP contribution in [0.25, 0.3) is 0 Å². The molecule has 10 nitrogen and oxygen atoms in total. The minimum atomic E-state index is -1.04. The summed E-state index contributed by atoms with van der Waals surface area (Å²) in [6.45, 7) is 6.16. The summed E-state index contributed by atoms with van der Waals surface area (Å²) in [6, 6.07) is 5.25. The van der Waals surface area contributed by atoms with Crippen LogP contribution in [0.2, 0.25) is 0 Å². The fourth-order valence-corrected chi connectivity index (χ4v) is 2.57. The predicted octanol–water partition coefficient (Wildman–Crippen LogP) is 2.37. The zero-order valence-corrected chi connectivity index (χ0v) is 18.0. The van der Waals surface area contributed by atoms with Crippen LogP contribution in [0.15, 0.2) is 24.3 Å². The molecule has 174 valence electrons. The molecule has 0 saturated heterocycles. The van der Waals surface area contributed by atoms with E-state index in [4.69, 9.17) is 30.6 Å². The van der Waals surface area contributed by atoms with Crippen molar-refractivity contribution in [1.82, 2.24) is 0 Å². The molecule has 6 N–H and O–H groups in total. The maximum Gasteiger partial charge on any atom is 0.335 e. The number of hydrogen-bond acceptors (Lipinski definition) is 6. The van der Waals surface area contributed by atoms with E-state index in [0.29, 0.717) is 22.3 Å². The Bertz CT molecular complexity index is 849. The highest BCUT2D eigenvalue weighted by atomic mass is 16.4. The first-order chi connectivity index (χ1) is 14.8. The standard InChI is InChI=1S/2C10H10O4.C2H6O2/c2*1-5-6(2)8(10(13)14)4-3-7(5)9(11)12;3-1-2-4/h2*3-4H,1-2H3,(H,11,12)(H,13,14);3-4H,1-2H2. The van der Waals surface area contributed by atoms with Crippen LogP contribution in [-0.2, 0) is 0 Å². The highest BCUT2D eigenvalue weighted by Crippen LogP contribution is 2.18. The molecule has 0 spiro atoms. The molecule has 0 heterocycles. The molecule has 0 radical (unpaired) electrons. The zero-order chi connectivity index (χ0) is 25.2. The minimum absolute atomic E-state index is 0.125. The molecule has 10 heteroatoms. The smallest absolute Gasteiger partial charge is 0.335 e. The summed E-state index contributed by atoms with van der Waals surface area (Å²) in [7, 11) is 0. The second-order valence-electron chi connectivity index (χ2n) is 6.49. The Labute approximate surface area is 184 Å². The van der Waals surface area contributed by atoms with Gasteiger partial charge in [-0.15, -0.1) is 0 Å². The molecule has 0 bridgehead atoms. The first-order valence-corrected chi connectivity index (χ1v) is 9.16. The molecule has 0 fully saturated rings. The van der Waals surface area contributed by atoms with Gasteiger partial charge in [-0.1, -0.05) is 0 Å². The van der Waals surface area contributed by atoms with Gasteiger partial charge in [0, 0.05) is 0 Å². The second-order valence-corrected chi connectivity index (χ2v) is 6.49. The number of hydrogen-bond donors (Lipinski definition) is 6. The summed E-state index contributed by atoms with van der Waals surface area (Å²) >= 11 is 0. The number of aliphatic hydroxyl groups excluding tert-OH is 2. The first-order valence-electron chi connectivity index (χ1n) is 9.16. The summed E-state index contributed by atoms with van der Waals surface area (Å²) < 4.78 is 0. The molecule has 0 aromatic heterocycles. The van der Waals surface area contributed by atoms with Crippen molar-refractivity contribution in [3.05, 3.63) is 68.8 Å². The van der Waals surface area contributed by atoms with Crippen LogP contribution >= 0.6 is 0 Å². The van der Waals surface area contributed by atoms with Gasteiger partial charge in [-0.25, -0.2) is 19.2 Å². The van der Waals surface area contributed by atoms with Gasteiger partial charge >= 0.3 is 23.9 Å². The van der Waals surface area contributed by atoms with Crippen molar-refractivity contribution >= 4 is 23.9 Å². The molecule has 0 unspecified atom stereocenters. The lowest BCUT2D eigenvalue weighted by Crippen LogP contribution is -2.06. The average molecular weight is 450 g/mol. The molecule has 2 aromatic rings. The Kier molecular flexibility index (Phi) is 11.3. The normalized spacial score (nSPS) is 9.56. The lowest BCUT2D eigenvalue weighted by atomic mass is 9.98. The second kappa shape index (κ2) is 12.8. The molecule has 0 amide bonds. The lowest BCUT2D eigenvalue weighted by molar-refractivity contribution is 0.0679. The molecular weight excluding hydrogens is 424 g/mol. The van der Waals surface area contributed by atoms with Gasteiger partial charge in [0.1, 0.15) is 0 Å². The van der Waals surface area contributed by atoms with Gasteiger partial charge in [0.25, 0.3) is 0 Å². The van der Waals surface area contributed by atoms with E-state index in [1.165, 1.54) is 24.3 Å². The number of carbonyl (C=O) groups is 4. The van der Waals surface area contributed by atoms with Gasteiger partial charge in [0.2, 0.25) is 0 Å². The molecule has 0 atom stereocenters. The van der Waals surface area contributed by atoms with Crippen molar-refractivity contribution in [2.45, 2.75) is 27.7 Å². The topological polar surface area (TPSA) is 190 Å². The van der Waals surface area contributed by atoms with Crippen molar-refractivity contribution in [3.63, 3.8) is 0 Å². The van der Waals surface area contributed by atoms with Crippen molar-refractivity contribution in [2.75, 3.05) is 13.2 Å². The Morgan fingerprint density at radius 1 is 0.500 bits per heavy atom. The summed E-state index contributed by atoms with van der Waals surface area (Å²) in [5.74, 6) is -4.16. The maximum atomic E-state index is 10.7. The van der Waals surface area contributed by atoms with Crippen LogP contribution in [0, 0.1) is 27.7 Å². The number of rotatable bonds is 5. The van der Waals surface area contributed by atoms with Gasteiger partial charge in [0.05, 0.1) is 35.5 Å². The fraction of sp³-hybridized carbons (Fsp3) is 0.273. The van der Waals surface area contributed by atoms with Gasteiger partial charge in [0.15, 0.2) is 0 Å². The van der Waals surface area contributed by atoms with Crippen molar-refractivity contribution in [1.29, 1.82) is 0 Å².